The van der Waals surface area contributed by atoms with Crippen LogP contribution in [-0.4, -0.2) is 29.1 Å². The summed E-state index contributed by atoms with van der Waals surface area (Å²) in [5, 5.41) is 6.29. The third kappa shape index (κ3) is 3.53. The lowest BCUT2D eigenvalue weighted by Gasteiger charge is -2.04. The maximum atomic E-state index is 10.9. The van der Waals surface area contributed by atoms with Gasteiger partial charge < -0.3 is 15.2 Å². The van der Waals surface area contributed by atoms with Crippen LogP contribution in [0.2, 0.25) is 5.15 Å². The largest absolute Gasteiger partial charge is 0.359 e. The molecule has 0 aliphatic heterocycles. The molecule has 5 nitrogen and oxygen atoms in total. The molecule has 1 aromatic rings. The van der Waals surface area contributed by atoms with Crippen LogP contribution in [-0.2, 0) is 18.4 Å². The van der Waals surface area contributed by atoms with Crippen molar-refractivity contribution in [3.8, 4) is 0 Å². The molecule has 6 heteroatoms. The van der Waals surface area contributed by atoms with E-state index in [1.807, 2.05) is 7.05 Å². The summed E-state index contributed by atoms with van der Waals surface area (Å²) in [5.74, 6) is 0.886. The van der Waals surface area contributed by atoms with Crippen molar-refractivity contribution in [3.63, 3.8) is 0 Å². The number of amides is 1. The molecule has 0 saturated carbocycles. The monoisotopic (exact) mass is 230 g/mol. The van der Waals surface area contributed by atoms with Gasteiger partial charge in [0.15, 0.2) is 0 Å². The van der Waals surface area contributed by atoms with Crippen molar-refractivity contribution < 1.29 is 4.79 Å². The average molecular weight is 231 g/mol. The zero-order valence-corrected chi connectivity index (χ0v) is 9.64. The molecule has 0 radical (unpaired) electrons. The maximum absolute atomic E-state index is 10.9. The number of hydrogen-bond donors (Lipinski definition) is 2. The average Bonchev–Trinajstić information content (AvgIpc) is 2.55. The van der Waals surface area contributed by atoms with E-state index in [1.165, 1.54) is 0 Å². The molecule has 1 heterocycles. The number of nitrogens with one attached hydrogen (secondary N) is 2. The highest BCUT2D eigenvalue weighted by molar-refractivity contribution is 6.29. The zero-order valence-electron chi connectivity index (χ0n) is 8.88. The number of carbonyl (C=O) groups excluding carboxylic acids is 1. The normalized spacial score (nSPS) is 10.3. The van der Waals surface area contributed by atoms with Crippen LogP contribution in [0.1, 0.15) is 12.2 Å². The fourth-order valence-electron chi connectivity index (χ4n) is 1.12. The van der Waals surface area contributed by atoms with Gasteiger partial charge in [-0.05, 0) is 0 Å². The van der Waals surface area contributed by atoms with Crippen LogP contribution < -0.4 is 10.6 Å². The Balaban J connectivity index is 2.26. The fourth-order valence-corrected chi connectivity index (χ4v) is 1.26. The first-order valence-corrected chi connectivity index (χ1v) is 5.10. The SMILES string of the molecule is CNC(=O)CCNCc1ncc(Cl)n1C. The van der Waals surface area contributed by atoms with Crippen molar-refractivity contribution in [2.75, 3.05) is 13.6 Å². The Bertz CT molecular complexity index is 337. The molecule has 84 valence electrons. The van der Waals surface area contributed by atoms with Gasteiger partial charge in [-0.15, -0.1) is 0 Å². The summed E-state index contributed by atoms with van der Waals surface area (Å²) >= 11 is 5.82. The quantitative estimate of drug-likeness (QED) is 0.716. The van der Waals surface area contributed by atoms with Crippen LogP contribution in [0.3, 0.4) is 0 Å². The molecule has 0 aliphatic rings. The number of nitrogens with zero attached hydrogens (tertiary/aromatic N) is 2. The Morgan fingerprint density at radius 2 is 2.40 bits per heavy atom. The molecule has 0 unspecified atom stereocenters. The molecule has 0 atom stereocenters. The molecule has 0 fully saturated rings. The van der Waals surface area contributed by atoms with Crippen LogP contribution in [0.15, 0.2) is 6.20 Å². The number of halogens is 1. The molecule has 0 spiro atoms. The highest BCUT2D eigenvalue weighted by Gasteiger charge is 2.03. The Labute approximate surface area is 93.8 Å². The van der Waals surface area contributed by atoms with Gasteiger partial charge in [0.2, 0.25) is 5.91 Å². The third-order valence-electron chi connectivity index (χ3n) is 2.12. The molecule has 1 rings (SSSR count). The van der Waals surface area contributed by atoms with E-state index in [1.54, 1.807) is 17.8 Å². The molecule has 2 N–H and O–H groups in total. The molecule has 0 bridgehead atoms. The van der Waals surface area contributed by atoms with Gasteiger partial charge in [-0.3, -0.25) is 4.79 Å². The van der Waals surface area contributed by atoms with Crippen LogP contribution in [0.4, 0.5) is 0 Å². The summed E-state index contributed by atoms with van der Waals surface area (Å²) in [4.78, 5) is 15.0. The van der Waals surface area contributed by atoms with Gasteiger partial charge in [0.1, 0.15) is 11.0 Å². The van der Waals surface area contributed by atoms with E-state index in [9.17, 15) is 4.79 Å². The van der Waals surface area contributed by atoms with Gasteiger partial charge in [0, 0.05) is 27.1 Å². The second-order valence-electron chi connectivity index (χ2n) is 3.16. The highest BCUT2D eigenvalue weighted by Crippen LogP contribution is 2.08. The van der Waals surface area contributed by atoms with E-state index in [-0.39, 0.29) is 5.91 Å². The summed E-state index contributed by atoms with van der Waals surface area (Å²) < 4.78 is 1.80. The van der Waals surface area contributed by atoms with E-state index < -0.39 is 0 Å². The Kier molecular flexibility index (Phi) is 4.58. The van der Waals surface area contributed by atoms with Crippen molar-refractivity contribution in [3.05, 3.63) is 17.2 Å². The molecular formula is C9H15ClN4O. The molecule has 1 aromatic heterocycles. The summed E-state index contributed by atoms with van der Waals surface area (Å²) in [6.07, 6.45) is 2.08. The predicted molar refractivity (Wildman–Crippen MR) is 58.6 cm³/mol. The van der Waals surface area contributed by atoms with Gasteiger partial charge in [-0.25, -0.2) is 4.98 Å². The van der Waals surface area contributed by atoms with Gasteiger partial charge in [0.25, 0.3) is 0 Å². The van der Waals surface area contributed by atoms with Crippen LogP contribution in [0.5, 0.6) is 0 Å². The minimum atomic E-state index is 0.0281. The number of hydrogen-bond acceptors (Lipinski definition) is 3. The predicted octanol–water partition coefficient (Wildman–Crippen LogP) is 0.299. The Morgan fingerprint density at radius 3 is 2.93 bits per heavy atom. The molecular weight excluding hydrogens is 216 g/mol. The number of imidazole rings is 1. The topological polar surface area (TPSA) is 59.0 Å². The lowest BCUT2D eigenvalue weighted by atomic mass is 10.4. The van der Waals surface area contributed by atoms with Gasteiger partial charge >= 0.3 is 0 Å². The summed E-state index contributed by atoms with van der Waals surface area (Å²) in [5.41, 5.74) is 0. The van der Waals surface area contributed by atoms with Crippen LogP contribution in [0, 0.1) is 0 Å². The van der Waals surface area contributed by atoms with E-state index >= 15 is 0 Å². The Hall–Kier alpha value is -1.07. The van der Waals surface area contributed by atoms with E-state index in [2.05, 4.69) is 15.6 Å². The number of aromatic nitrogens is 2. The maximum Gasteiger partial charge on any atom is 0.221 e. The van der Waals surface area contributed by atoms with Crippen molar-refractivity contribution >= 4 is 17.5 Å². The minimum absolute atomic E-state index is 0.0281. The standard InChI is InChI=1S/C9H15ClN4O/c1-11-9(15)3-4-12-6-8-13-5-7(10)14(8)2/h5,12H,3-4,6H2,1-2H3,(H,11,15). The summed E-state index contributed by atoms with van der Waals surface area (Å²) in [6.45, 7) is 1.24. The summed E-state index contributed by atoms with van der Waals surface area (Å²) in [6, 6.07) is 0. The van der Waals surface area contributed by atoms with Crippen molar-refractivity contribution in [2.24, 2.45) is 7.05 Å². The molecule has 0 aliphatic carbocycles. The Morgan fingerprint density at radius 1 is 1.67 bits per heavy atom. The zero-order chi connectivity index (χ0) is 11.3. The molecule has 1 amide bonds. The second-order valence-corrected chi connectivity index (χ2v) is 3.54. The highest BCUT2D eigenvalue weighted by atomic mass is 35.5. The third-order valence-corrected chi connectivity index (χ3v) is 2.47. The van der Waals surface area contributed by atoms with Crippen molar-refractivity contribution in [1.82, 2.24) is 20.2 Å². The van der Waals surface area contributed by atoms with Gasteiger partial charge in [-0.2, -0.15) is 0 Å². The molecule has 0 aromatic carbocycles. The number of carbonyl (C=O) groups is 1. The van der Waals surface area contributed by atoms with Crippen LogP contribution in [0.25, 0.3) is 0 Å². The summed E-state index contributed by atoms with van der Waals surface area (Å²) in [7, 11) is 3.48. The van der Waals surface area contributed by atoms with Crippen LogP contribution >= 0.6 is 11.6 Å². The minimum Gasteiger partial charge on any atom is -0.359 e. The van der Waals surface area contributed by atoms with E-state index in [0.717, 1.165) is 5.82 Å². The number of rotatable bonds is 5. The van der Waals surface area contributed by atoms with Crippen molar-refractivity contribution in [1.29, 1.82) is 0 Å². The lowest BCUT2D eigenvalue weighted by molar-refractivity contribution is -0.120. The fraction of sp³-hybridized carbons (Fsp3) is 0.556. The molecule has 0 saturated heterocycles. The molecule has 15 heavy (non-hydrogen) atoms. The first-order valence-electron chi connectivity index (χ1n) is 4.72. The van der Waals surface area contributed by atoms with Gasteiger partial charge in [0.05, 0.1) is 12.7 Å². The van der Waals surface area contributed by atoms with E-state index in [4.69, 9.17) is 11.6 Å². The smallest absolute Gasteiger partial charge is 0.221 e. The lowest BCUT2D eigenvalue weighted by Crippen LogP contribution is -2.25. The van der Waals surface area contributed by atoms with Gasteiger partial charge in [-0.1, -0.05) is 11.6 Å². The van der Waals surface area contributed by atoms with Crippen molar-refractivity contribution in [2.45, 2.75) is 13.0 Å². The first-order chi connectivity index (χ1) is 7.15. The first kappa shape index (κ1) is 12.0. The second kappa shape index (κ2) is 5.72. The van der Waals surface area contributed by atoms with E-state index in [0.29, 0.717) is 24.7 Å².